The molecule has 0 aliphatic carbocycles. The zero-order chi connectivity index (χ0) is 17.5. The number of nitro groups is 1. The van der Waals surface area contributed by atoms with Crippen LogP contribution in [0.5, 0.6) is 5.75 Å². The predicted molar refractivity (Wildman–Crippen MR) is 89.4 cm³/mol. The van der Waals surface area contributed by atoms with Crippen LogP contribution in [0.3, 0.4) is 0 Å². The Kier molecular flexibility index (Phi) is 5.79. The van der Waals surface area contributed by atoms with Crippen molar-refractivity contribution >= 4 is 39.6 Å². The third-order valence-corrected chi connectivity index (χ3v) is 3.17. The van der Waals surface area contributed by atoms with Crippen LogP contribution in [0.4, 0.5) is 11.5 Å². The Morgan fingerprint density at radius 3 is 3.00 bits per heavy atom. The summed E-state index contributed by atoms with van der Waals surface area (Å²) in [7, 11) is 0. The highest BCUT2D eigenvalue weighted by molar-refractivity contribution is 9.10. The molecule has 0 atom stereocenters. The second kappa shape index (κ2) is 8.02. The minimum absolute atomic E-state index is 0.0123. The van der Waals surface area contributed by atoms with Gasteiger partial charge in [-0.1, -0.05) is 15.9 Å². The minimum Gasteiger partial charge on any atom is -0.481 e. The number of anilines is 1. The van der Waals surface area contributed by atoms with Crippen molar-refractivity contribution in [1.29, 1.82) is 0 Å². The quantitative estimate of drug-likeness (QED) is 0.419. The van der Waals surface area contributed by atoms with E-state index in [-0.39, 0.29) is 11.5 Å². The number of benzene rings is 1. The number of aromatic nitrogens is 1. The number of hydrazone groups is 1. The molecule has 0 bridgehead atoms. The van der Waals surface area contributed by atoms with Crippen LogP contribution in [0.1, 0.15) is 5.56 Å². The van der Waals surface area contributed by atoms with Gasteiger partial charge in [-0.3, -0.25) is 15.5 Å². The number of rotatable bonds is 7. The van der Waals surface area contributed by atoms with Crippen LogP contribution in [-0.4, -0.2) is 33.8 Å². The highest BCUT2D eigenvalue weighted by atomic mass is 79.9. The smallest absolute Gasteiger partial charge is 0.341 e. The van der Waals surface area contributed by atoms with Gasteiger partial charge in [-0.15, -0.1) is 0 Å². The molecule has 0 saturated heterocycles. The van der Waals surface area contributed by atoms with Gasteiger partial charge in [0.2, 0.25) is 5.82 Å². The van der Waals surface area contributed by atoms with Crippen molar-refractivity contribution in [3.05, 3.63) is 56.7 Å². The molecule has 0 aliphatic rings. The van der Waals surface area contributed by atoms with Gasteiger partial charge in [-0.2, -0.15) is 5.10 Å². The van der Waals surface area contributed by atoms with Crippen LogP contribution in [0.2, 0.25) is 0 Å². The van der Waals surface area contributed by atoms with E-state index in [1.165, 1.54) is 24.5 Å². The Hall–Kier alpha value is -3.01. The van der Waals surface area contributed by atoms with Crippen molar-refractivity contribution in [2.24, 2.45) is 5.10 Å². The van der Waals surface area contributed by atoms with Gasteiger partial charge in [0, 0.05) is 22.3 Å². The monoisotopic (exact) mass is 394 g/mol. The van der Waals surface area contributed by atoms with Crippen molar-refractivity contribution in [2.75, 3.05) is 12.0 Å². The maximum atomic E-state index is 10.9. The third kappa shape index (κ3) is 4.74. The van der Waals surface area contributed by atoms with Crippen molar-refractivity contribution in [2.45, 2.75) is 0 Å². The summed E-state index contributed by atoms with van der Waals surface area (Å²) in [4.78, 5) is 24.8. The molecule has 0 saturated carbocycles. The average molecular weight is 395 g/mol. The van der Waals surface area contributed by atoms with Crippen LogP contribution >= 0.6 is 15.9 Å². The maximum Gasteiger partial charge on any atom is 0.341 e. The Bertz CT molecular complexity index is 796. The molecule has 1 aromatic heterocycles. The Balaban J connectivity index is 2.18. The highest BCUT2D eigenvalue weighted by Crippen LogP contribution is 2.23. The molecule has 10 heteroatoms. The first-order valence-corrected chi connectivity index (χ1v) is 7.29. The van der Waals surface area contributed by atoms with E-state index < -0.39 is 17.5 Å². The summed E-state index contributed by atoms with van der Waals surface area (Å²) in [5.41, 5.74) is 2.75. The van der Waals surface area contributed by atoms with E-state index in [9.17, 15) is 14.9 Å². The first-order valence-electron chi connectivity index (χ1n) is 6.50. The van der Waals surface area contributed by atoms with Gasteiger partial charge >= 0.3 is 11.7 Å². The van der Waals surface area contributed by atoms with E-state index >= 15 is 0 Å². The molecule has 0 unspecified atom stereocenters. The lowest BCUT2D eigenvalue weighted by atomic mass is 10.2. The van der Waals surface area contributed by atoms with E-state index in [4.69, 9.17) is 9.84 Å². The number of carboxylic acids is 1. The number of halogens is 1. The van der Waals surface area contributed by atoms with E-state index in [0.29, 0.717) is 11.3 Å². The molecule has 2 rings (SSSR count). The van der Waals surface area contributed by atoms with Gasteiger partial charge in [0.15, 0.2) is 6.61 Å². The molecule has 2 N–H and O–H groups in total. The molecule has 1 aromatic carbocycles. The molecule has 9 nitrogen and oxygen atoms in total. The lowest BCUT2D eigenvalue weighted by Crippen LogP contribution is -2.10. The summed E-state index contributed by atoms with van der Waals surface area (Å²) in [6, 6.07) is 7.67. The molecule has 1 heterocycles. The Morgan fingerprint density at radius 1 is 1.50 bits per heavy atom. The largest absolute Gasteiger partial charge is 0.481 e. The predicted octanol–water partition coefficient (Wildman–Crippen LogP) is 2.66. The van der Waals surface area contributed by atoms with Crippen LogP contribution in [0.25, 0.3) is 0 Å². The molecule has 0 aliphatic heterocycles. The van der Waals surface area contributed by atoms with E-state index in [1.807, 2.05) is 0 Å². The molecule has 124 valence electrons. The summed E-state index contributed by atoms with van der Waals surface area (Å²) in [6.45, 7) is -0.498. The molecular weight excluding hydrogens is 384 g/mol. The molecule has 2 aromatic rings. The third-order valence-electron chi connectivity index (χ3n) is 2.68. The standard InChI is InChI=1S/C14H11BrN4O5/c15-10-3-4-12(24-8-13(20)21)9(6-10)7-17-18-14-11(19(22)23)2-1-5-16-14/h1-7H,8H2,(H,16,18)(H,20,21)/b17-7-. The van der Waals surface area contributed by atoms with Crippen molar-refractivity contribution in [3.8, 4) is 5.75 Å². The lowest BCUT2D eigenvalue weighted by Gasteiger charge is -2.07. The number of carboxylic acid groups (broad SMARTS) is 1. The van der Waals surface area contributed by atoms with Crippen LogP contribution in [-0.2, 0) is 4.79 Å². The van der Waals surface area contributed by atoms with Gasteiger partial charge in [0.1, 0.15) is 5.75 Å². The first kappa shape index (κ1) is 17.3. The van der Waals surface area contributed by atoms with Crippen molar-refractivity contribution in [3.63, 3.8) is 0 Å². The number of pyridine rings is 1. The lowest BCUT2D eigenvalue weighted by molar-refractivity contribution is -0.384. The van der Waals surface area contributed by atoms with Gasteiger partial charge < -0.3 is 9.84 Å². The normalized spacial score (nSPS) is 10.5. The molecular formula is C14H11BrN4O5. The second-order valence-corrected chi connectivity index (χ2v) is 5.28. The molecule has 0 radical (unpaired) electrons. The maximum absolute atomic E-state index is 10.9. The Labute approximate surface area is 144 Å². The van der Waals surface area contributed by atoms with Crippen LogP contribution in [0, 0.1) is 10.1 Å². The number of hydrogen-bond acceptors (Lipinski definition) is 7. The highest BCUT2D eigenvalue weighted by Gasteiger charge is 2.13. The number of carbonyl (C=O) groups is 1. The summed E-state index contributed by atoms with van der Waals surface area (Å²) >= 11 is 3.29. The van der Waals surface area contributed by atoms with E-state index in [1.54, 1.807) is 18.2 Å². The van der Waals surface area contributed by atoms with Gasteiger partial charge in [-0.05, 0) is 24.3 Å². The zero-order valence-electron chi connectivity index (χ0n) is 12.0. The number of aliphatic carboxylic acids is 1. The van der Waals surface area contributed by atoms with E-state index in [2.05, 4.69) is 31.4 Å². The Morgan fingerprint density at radius 2 is 2.29 bits per heavy atom. The summed E-state index contributed by atoms with van der Waals surface area (Å²) in [5, 5.41) is 23.5. The van der Waals surface area contributed by atoms with Crippen LogP contribution in [0.15, 0.2) is 46.1 Å². The zero-order valence-corrected chi connectivity index (χ0v) is 13.6. The van der Waals surface area contributed by atoms with Crippen molar-refractivity contribution in [1.82, 2.24) is 4.98 Å². The molecule has 0 spiro atoms. The van der Waals surface area contributed by atoms with Gasteiger partial charge in [0.05, 0.1) is 11.1 Å². The number of nitrogens with zero attached hydrogens (tertiary/aromatic N) is 3. The van der Waals surface area contributed by atoms with Crippen LogP contribution < -0.4 is 10.2 Å². The SMILES string of the molecule is O=C(O)COc1ccc(Br)cc1/C=N\Nc1ncccc1[N+](=O)[O-]. The number of ether oxygens (including phenoxy) is 1. The fourth-order valence-electron chi connectivity index (χ4n) is 1.68. The second-order valence-electron chi connectivity index (χ2n) is 4.36. The number of nitrogens with one attached hydrogen (secondary N) is 1. The summed E-state index contributed by atoms with van der Waals surface area (Å²) < 4.78 is 5.89. The average Bonchev–Trinajstić information content (AvgIpc) is 2.54. The van der Waals surface area contributed by atoms with Gasteiger partial charge in [0.25, 0.3) is 0 Å². The fraction of sp³-hybridized carbons (Fsp3) is 0.0714. The molecule has 0 amide bonds. The number of hydrogen-bond donors (Lipinski definition) is 2. The van der Waals surface area contributed by atoms with E-state index in [0.717, 1.165) is 4.47 Å². The molecule has 0 fully saturated rings. The first-order chi connectivity index (χ1) is 11.5. The van der Waals surface area contributed by atoms with Crippen molar-refractivity contribution < 1.29 is 19.6 Å². The van der Waals surface area contributed by atoms with Gasteiger partial charge in [-0.25, -0.2) is 9.78 Å². The minimum atomic E-state index is -1.11. The summed E-state index contributed by atoms with van der Waals surface area (Å²) in [5.74, 6) is -0.813. The topological polar surface area (TPSA) is 127 Å². The fourth-order valence-corrected chi connectivity index (χ4v) is 2.06. The summed E-state index contributed by atoms with van der Waals surface area (Å²) in [6.07, 6.45) is 2.74. The molecule has 24 heavy (non-hydrogen) atoms.